The summed E-state index contributed by atoms with van der Waals surface area (Å²) in [5.41, 5.74) is 4.35. The Labute approximate surface area is 136 Å². The molecular formula is C18H21N3O2. The standard InChI is InChI=1S/C18H21N3O2/c1-12-5-7-15(13(2)10-12)20-14-6-8-17(19-11-14)21-18(22)16-4-3-9-23-16/h5-8,10-11,16,20H,3-4,9H2,1-2H3,(H,19,21,22). The summed E-state index contributed by atoms with van der Waals surface area (Å²) >= 11 is 0. The molecule has 0 aliphatic carbocycles. The molecule has 1 amide bonds. The average Bonchev–Trinajstić information content (AvgIpc) is 3.06. The van der Waals surface area contributed by atoms with Gasteiger partial charge in [-0.25, -0.2) is 4.98 Å². The van der Waals surface area contributed by atoms with Crippen molar-refractivity contribution in [2.75, 3.05) is 17.2 Å². The van der Waals surface area contributed by atoms with Gasteiger partial charge in [0, 0.05) is 12.3 Å². The van der Waals surface area contributed by atoms with Crippen molar-refractivity contribution in [1.29, 1.82) is 0 Å². The van der Waals surface area contributed by atoms with E-state index < -0.39 is 0 Å². The molecule has 120 valence electrons. The molecule has 0 radical (unpaired) electrons. The van der Waals surface area contributed by atoms with E-state index in [-0.39, 0.29) is 12.0 Å². The molecule has 1 aliphatic rings. The molecular weight excluding hydrogens is 290 g/mol. The van der Waals surface area contributed by atoms with Gasteiger partial charge in [0.15, 0.2) is 0 Å². The first-order valence-corrected chi connectivity index (χ1v) is 7.84. The summed E-state index contributed by atoms with van der Waals surface area (Å²) in [6.45, 7) is 4.80. The fourth-order valence-corrected chi connectivity index (χ4v) is 2.64. The number of pyridine rings is 1. The first-order chi connectivity index (χ1) is 11.1. The maximum absolute atomic E-state index is 12.0. The highest BCUT2D eigenvalue weighted by molar-refractivity contribution is 5.93. The van der Waals surface area contributed by atoms with Gasteiger partial charge in [-0.15, -0.1) is 0 Å². The fourth-order valence-electron chi connectivity index (χ4n) is 2.64. The van der Waals surface area contributed by atoms with Crippen LogP contribution in [0, 0.1) is 13.8 Å². The van der Waals surface area contributed by atoms with Crippen LogP contribution >= 0.6 is 0 Å². The van der Waals surface area contributed by atoms with Gasteiger partial charge in [-0.05, 0) is 50.5 Å². The highest BCUT2D eigenvalue weighted by atomic mass is 16.5. The smallest absolute Gasteiger partial charge is 0.254 e. The quantitative estimate of drug-likeness (QED) is 0.906. The summed E-state index contributed by atoms with van der Waals surface area (Å²) in [6, 6.07) is 9.94. The number of anilines is 3. The number of carbonyl (C=O) groups excluding carboxylic acids is 1. The van der Waals surface area contributed by atoms with Gasteiger partial charge in [-0.2, -0.15) is 0 Å². The molecule has 2 heterocycles. The van der Waals surface area contributed by atoms with E-state index in [1.165, 1.54) is 11.1 Å². The Bertz CT molecular complexity index is 692. The van der Waals surface area contributed by atoms with E-state index >= 15 is 0 Å². The lowest BCUT2D eigenvalue weighted by Gasteiger charge is -2.12. The molecule has 1 atom stereocenters. The van der Waals surface area contributed by atoms with Crippen molar-refractivity contribution >= 4 is 23.1 Å². The lowest BCUT2D eigenvalue weighted by molar-refractivity contribution is -0.124. The van der Waals surface area contributed by atoms with Gasteiger partial charge in [-0.1, -0.05) is 17.7 Å². The summed E-state index contributed by atoms with van der Waals surface area (Å²) in [5.74, 6) is 0.418. The summed E-state index contributed by atoms with van der Waals surface area (Å²) in [4.78, 5) is 16.3. The third-order valence-corrected chi connectivity index (χ3v) is 3.90. The van der Waals surface area contributed by atoms with E-state index in [0.29, 0.717) is 12.4 Å². The molecule has 0 spiro atoms. The Kier molecular flexibility index (Phi) is 4.57. The van der Waals surface area contributed by atoms with Crippen molar-refractivity contribution in [2.45, 2.75) is 32.8 Å². The topological polar surface area (TPSA) is 63.2 Å². The van der Waals surface area contributed by atoms with Crippen LogP contribution in [-0.2, 0) is 9.53 Å². The van der Waals surface area contributed by atoms with Gasteiger partial charge in [-0.3, -0.25) is 4.79 Å². The van der Waals surface area contributed by atoms with Gasteiger partial charge < -0.3 is 15.4 Å². The van der Waals surface area contributed by atoms with Gasteiger partial charge in [0.1, 0.15) is 11.9 Å². The van der Waals surface area contributed by atoms with E-state index in [1.807, 2.05) is 6.07 Å². The number of aryl methyl sites for hydroxylation is 2. The highest BCUT2D eigenvalue weighted by Gasteiger charge is 2.23. The number of rotatable bonds is 4. The zero-order valence-electron chi connectivity index (χ0n) is 13.4. The van der Waals surface area contributed by atoms with E-state index in [0.717, 1.165) is 24.2 Å². The van der Waals surface area contributed by atoms with Crippen LogP contribution in [0.15, 0.2) is 36.5 Å². The van der Waals surface area contributed by atoms with Crippen LogP contribution < -0.4 is 10.6 Å². The van der Waals surface area contributed by atoms with Crippen LogP contribution in [0.5, 0.6) is 0 Å². The molecule has 5 nitrogen and oxygen atoms in total. The second-order valence-electron chi connectivity index (χ2n) is 5.87. The molecule has 1 aromatic carbocycles. The van der Waals surface area contributed by atoms with Gasteiger partial charge in [0.25, 0.3) is 5.91 Å². The highest BCUT2D eigenvalue weighted by Crippen LogP contribution is 2.22. The minimum atomic E-state index is -0.343. The molecule has 1 aromatic heterocycles. The Morgan fingerprint density at radius 3 is 2.78 bits per heavy atom. The maximum atomic E-state index is 12.0. The molecule has 0 bridgehead atoms. The summed E-state index contributed by atoms with van der Waals surface area (Å²) in [6.07, 6.45) is 3.08. The molecule has 2 N–H and O–H groups in total. The molecule has 5 heteroatoms. The van der Waals surface area contributed by atoms with E-state index in [2.05, 4.69) is 47.7 Å². The summed E-state index contributed by atoms with van der Waals surface area (Å²) in [7, 11) is 0. The number of hydrogen-bond acceptors (Lipinski definition) is 4. The number of hydrogen-bond donors (Lipinski definition) is 2. The van der Waals surface area contributed by atoms with Crippen LogP contribution in [0.3, 0.4) is 0 Å². The monoisotopic (exact) mass is 311 g/mol. The van der Waals surface area contributed by atoms with Crippen molar-refractivity contribution in [3.63, 3.8) is 0 Å². The van der Waals surface area contributed by atoms with Crippen LogP contribution in [0.2, 0.25) is 0 Å². The number of ether oxygens (including phenoxy) is 1. The number of benzene rings is 1. The molecule has 1 aliphatic heterocycles. The third kappa shape index (κ3) is 3.87. The number of nitrogens with zero attached hydrogens (tertiary/aromatic N) is 1. The second-order valence-corrected chi connectivity index (χ2v) is 5.87. The normalized spacial score (nSPS) is 17.0. The van der Waals surface area contributed by atoms with Crippen LogP contribution in [0.1, 0.15) is 24.0 Å². The lowest BCUT2D eigenvalue weighted by atomic mass is 10.1. The predicted molar refractivity (Wildman–Crippen MR) is 91.0 cm³/mol. The van der Waals surface area contributed by atoms with Crippen LogP contribution in [0.25, 0.3) is 0 Å². The number of aromatic nitrogens is 1. The first kappa shape index (κ1) is 15.5. The molecule has 3 rings (SSSR count). The van der Waals surface area contributed by atoms with Crippen molar-refractivity contribution in [3.8, 4) is 0 Å². The first-order valence-electron chi connectivity index (χ1n) is 7.84. The van der Waals surface area contributed by atoms with Gasteiger partial charge in [0.05, 0.1) is 11.9 Å². The van der Waals surface area contributed by atoms with E-state index in [4.69, 9.17) is 4.74 Å². The minimum absolute atomic E-state index is 0.120. The third-order valence-electron chi connectivity index (χ3n) is 3.90. The van der Waals surface area contributed by atoms with Crippen molar-refractivity contribution < 1.29 is 9.53 Å². The number of nitrogens with one attached hydrogen (secondary N) is 2. The molecule has 0 saturated carbocycles. The minimum Gasteiger partial charge on any atom is -0.368 e. The van der Waals surface area contributed by atoms with E-state index in [1.54, 1.807) is 12.3 Å². The van der Waals surface area contributed by atoms with Crippen LogP contribution in [-0.4, -0.2) is 23.6 Å². The summed E-state index contributed by atoms with van der Waals surface area (Å²) in [5, 5.41) is 6.13. The van der Waals surface area contributed by atoms with Crippen molar-refractivity contribution in [3.05, 3.63) is 47.7 Å². The SMILES string of the molecule is Cc1ccc(Nc2ccc(NC(=O)C3CCCO3)nc2)c(C)c1. The Morgan fingerprint density at radius 2 is 2.13 bits per heavy atom. The second kappa shape index (κ2) is 6.79. The molecule has 2 aromatic rings. The van der Waals surface area contributed by atoms with Crippen molar-refractivity contribution in [2.24, 2.45) is 0 Å². The molecule has 23 heavy (non-hydrogen) atoms. The Morgan fingerprint density at radius 1 is 1.26 bits per heavy atom. The number of amides is 1. The van der Waals surface area contributed by atoms with Crippen molar-refractivity contribution in [1.82, 2.24) is 4.98 Å². The zero-order chi connectivity index (χ0) is 16.2. The molecule has 1 fully saturated rings. The largest absolute Gasteiger partial charge is 0.368 e. The fraction of sp³-hybridized carbons (Fsp3) is 0.333. The van der Waals surface area contributed by atoms with E-state index in [9.17, 15) is 4.79 Å². The molecule has 1 saturated heterocycles. The van der Waals surface area contributed by atoms with Crippen LogP contribution in [0.4, 0.5) is 17.2 Å². The molecule has 1 unspecified atom stereocenters. The lowest BCUT2D eigenvalue weighted by Crippen LogP contribution is -2.27. The van der Waals surface area contributed by atoms with Gasteiger partial charge >= 0.3 is 0 Å². The average molecular weight is 311 g/mol. The number of carbonyl (C=O) groups is 1. The maximum Gasteiger partial charge on any atom is 0.254 e. The Balaban J connectivity index is 1.63. The van der Waals surface area contributed by atoms with Gasteiger partial charge in [0.2, 0.25) is 0 Å². The zero-order valence-corrected chi connectivity index (χ0v) is 13.4. The summed E-state index contributed by atoms with van der Waals surface area (Å²) < 4.78 is 5.36. The Hall–Kier alpha value is -2.40. The predicted octanol–water partition coefficient (Wildman–Crippen LogP) is 3.56.